The SMILES string of the molecule is COc1ccc(C(=O)Nc2ccc(O)cc2C(=O)N/N=C/c2ccc(F)cc2)cc1OC. The molecular weight excluding hydrogens is 417 g/mol. The summed E-state index contributed by atoms with van der Waals surface area (Å²) in [6.45, 7) is 0. The number of nitrogens with zero attached hydrogens (tertiary/aromatic N) is 1. The molecule has 0 spiro atoms. The molecule has 32 heavy (non-hydrogen) atoms. The lowest BCUT2D eigenvalue weighted by molar-refractivity contribution is 0.0955. The van der Waals surface area contributed by atoms with Crippen LogP contribution in [0.15, 0.2) is 65.8 Å². The molecule has 3 aromatic carbocycles. The first-order valence-corrected chi connectivity index (χ1v) is 9.36. The Bertz CT molecular complexity index is 1160. The van der Waals surface area contributed by atoms with Gasteiger partial charge in [0.25, 0.3) is 11.8 Å². The molecule has 8 nitrogen and oxygen atoms in total. The Kier molecular flexibility index (Phi) is 7.02. The molecule has 0 aliphatic heterocycles. The van der Waals surface area contributed by atoms with Crippen LogP contribution in [0.2, 0.25) is 0 Å². The van der Waals surface area contributed by atoms with Crippen LogP contribution >= 0.6 is 0 Å². The monoisotopic (exact) mass is 437 g/mol. The number of ether oxygens (including phenoxy) is 2. The van der Waals surface area contributed by atoms with E-state index in [4.69, 9.17) is 9.47 Å². The highest BCUT2D eigenvalue weighted by Gasteiger charge is 2.16. The number of hydrazone groups is 1. The van der Waals surface area contributed by atoms with Crippen molar-refractivity contribution < 1.29 is 28.6 Å². The third kappa shape index (κ3) is 5.39. The fourth-order valence-corrected chi connectivity index (χ4v) is 2.78. The summed E-state index contributed by atoms with van der Waals surface area (Å²) in [5.74, 6) is -0.878. The van der Waals surface area contributed by atoms with E-state index >= 15 is 0 Å². The number of phenolic OH excluding ortho intramolecular Hbond substituents is 1. The van der Waals surface area contributed by atoms with Crippen LogP contribution in [0.4, 0.5) is 10.1 Å². The molecule has 0 radical (unpaired) electrons. The molecule has 0 aliphatic rings. The van der Waals surface area contributed by atoms with Gasteiger partial charge in [-0.05, 0) is 54.1 Å². The average Bonchev–Trinajstić information content (AvgIpc) is 2.80. The summed E-state index contributed by atoms with van der Waals surface area (Å²) in [4.78, 5) is 25.3. The molecule has 0 saturated heterocycles. The first-order chi connectivity index (χ1) is 15.4. The van der Waals surface area contributed by atoms with E-state index < -0.39 is 11.8 Å². The Balaban J connectivity index is 1.77. The summed E-state index contributed by atoms with van der Waals surface area (Å²) in [7, 11) is 2.94. The second kappa shape index (κ2) is 10.1. The summed E-state index contributed by atoms with van der Waals surface area (Å²) >= 11 is 0. The van der Waals surface area contributed by atoms with Crippen molar-refractivity contribution in [1.82, 2.24) is 5.43 Å². The number of carbonyl (C=O) groups is 2. The largest absolute Gasteiger partial charge is 0.508 e. The molecule has 164 valence electrons. The van der Waals surface area contributed by atoms with Crippen molar-refractivity contribution in [2.24, 2.45) is 5.10 Å². The molecule has 3 rings (SSSR count). The van der Waals surface area contributed by atoms with Crippen LogP contribution in [-0.2, 0) is 0 Å². The molecule has 9 heteroatoms. The molecule has 0 saturated carbocycles. The fourth-order valence-electron chi connectivity index (χ4n) is 2.78. The first-order valence-electron chi connectivity index (χ1n) is 9.36. The zero-order valence-corrected chi connectivity index (χ0v) is 17.3. The molecule has 0 aliphatic carbocycles. The van der Waals surface area contributed by atoms with E-state index in [1.165, 1.54) is 69.0 Å². The van der Waals surface area contributed by atoms with Gasteiger partial charge >= 0.3 is 0 Å². The molecule has 2 amide bonds. The summed E-state index contributed by atoms with van der Waals surface area (Å²) < 4.78 is 23.3. The van der Waals surface area contributed by atoms with Crippen molar-refractivity contribution in [1.29, 1.82) is 0 Å². The number of nitrogens with one attached hydrogen (secondary N) is 2. The third-order valence-corrected chi connectivity index (χ3v) is 4.39. The standard InChI is InChI=1S/C23H20FN3O5/c1-31-20-10-5-15(11-21(20)32-2)22(29)26-19-9-8-17(28)12-18(19)23(30)27-25-13-14-3-6-16(24)7-4-14/h3-13,28H,1-2H3,(H,26,29)(H,27,30)/b25-13+. The minimum atomic E-state index is -0.665. The minimum Gasteiger partial charge on any atom is -0.508 e. The number of benzene rings is 3. The van der Waals surface area contributed by atoms with E-state index in [1.807, 2.05) is 0 Å². The second-order valence-electron chi connectivity index (χ2n) is 6.50. The summed E-state index contributed by atoms with van der Waals surface area (Å²) in [5, 5.41) is 16.3. The lowest BCUT2D eigenvalue weighted by Gasteiger charge is -2.12. The Morgan fingerprint density at radius 2 is 1.66 bits per heavy atom. The average molecular weight is 437 g/mol. The number of rotatable bonds is 7. The van der Waals surface area contributed by atoms with Crippen LogP contribution in [0, 0.1) is 5.82 Å². The molecule has 0 heterocycles. The van der Waals surface area contributed by atoms with Crippen LogP contribution in [-0.4, -0.2) is 37.4 Å². The Hall–Kier alpha value is -4.40. The van der Waals surface area contributed by atoms with Gasteiger partial charge in [-0.25, -0.2) is 9.82 Å². The zero-order chi connectivity index (χ0) is 23.1. The first kappa shape index (κ1) is 22.3. The Labute approximate surface area is 183 Å². The second-order valence-corrected chi connectivity index (χ2v) is 6.50. The van der Waals surface area contributed by atoms with Crippen LogP contribution in [0.3, 0.4) is 0 Å². The van der Waals surface area contributed by atoms with Gasteiger partial charge < -0.3 is 19.9 Å². The predicted octanol–water partition coefficient (Wildman–Crippen LogP) is 3.56. The topological polar surface area (TPSA) is 109 Å². The normalized spacial score (nSPS) is 10.6. The van der Waals surface area contributed by atoms with Crippen molar-refractivity contribution in [3.63, 3.8) is 0 Å². The van der Waals surface area contributed by atoms with Crippen LogP contribution in [0.5, 0.6) is 17.2 Å². The maximum absolute atomic E-state index is 13.0. The van der Waals surface area contributed by atoms with Gasteiger partial charge in [-0.3, -0.25) is 9.59 Å². The van der Waals surface area contributed by atoms with Gasteiger partial charge in [0.15, 0.2) is 11.5 Å². The van der Waals surface area contributed by atoms with Gasteiger partial charge in [-0.2, -0.15) is 5.10 Å². The van der Waals surface area contributed by atoms with Crippen molar-refractivity contribution >= 4 is 23.7 Å². The summed E-state index contributed by atoms with van der Waals surface area (Å²) in [5.41, 5.74) is 3.32. The number of carbonyl (C=O) groups excluding carboxylic acids is 2. The number of amides is 2. The van der Waals surface area contributed by atoms with E-state index in [0.717, 1.165) is 0 Å². The minimum absolute atomic E-state index is 0.00455. The van der Waals surface area contributed by atoms with Crippen molar-refractivity contribution in [2.75, 3.05) is 19.5 Å². The molecular formula is C23H20FN3O5. The zero-order valence-electron chi connectivity index (χ0n) is 17.3. The van der Waals surface area contributed by atoms with Gasteiger partial charge in [0, 0.05) is 5.56 Å². The summed E-state index contributed by atoms with van der Waals surface area (Å²) in [6.07, 6.45) is 1.34. The van der Waals surface area contributed by atoms with Crippen molar-refractivity contribution in [3.8, 4) is 17.2 Å². The lowest BCUT2D eigenvalue weighted by atomic mass is 10.1. The lowest BCUT2D eigenvalue weighted by Crippen LogP contribution is -2.21. The van der Waals surface area contributed by atoms with E-state index in [0.29, 0.717) is 17.1 Å². The molecule has 0 fully saturated rings. The number of hydrogen-bond acceptors (Lipinski definition) is 6. The van der Waals surface area contributed by atoms with Crippen molar-refractivity contribution in [2.45, 2.75) is 0 Å². The quantitative estimate of drug-likeness (QED) is 0.297. The van der Waals surface area contributed by atoms with Gasteiger partial charge in [0.05, 0.1) is 31.7 Å². The highest BCUT2D eigenvalue weighted by molar-refractivity contribution is 6.09. The molecule has 0 atom stereocenters. The third-order valence-electron chi connectivity index (χ3n) is 4.39. The van der Waals surface area contributed by atoms with Crippen LogP contribution in [0.25, 0.3) is 0 Å². The van der Waals surface area contributed by atoms with Gasteiger partial charge in [-0.15, -0.1) is 0 Å². The van der Waals surface area contributed by atoms with E-state index in [1.54, 1.807) is 12.1 Å². The van der Waals surface area contributed by atoms with E-state index in [2.05, 4.69) is 15.8 Å². The number of halogens is 1. The number of anilines is 1. The maximum Gasteiger partial charge on any atom is 0.273 e. The molecule has 0 unspecified atom stereocenters. The fraction of sp³-hybridized carbons (Fsp3) is 0.0870. The van der Waals surface area contributed by atoms with Gasteiger partial charge in [0.2, 0.25) is 0 Å². The maximum atomic E-state index is 13.0. The molecule has 3 N–H and O–H groups in total. The highest BCUT2D eigenvalue weighted by Crippen LogP contribution is 2.28. The number of methoxy groups -OCH3 is 2. The predicted molar refractivity (Wildman–Crippen MR) is 117 cm³/mol. The number of phenols is 1. The van der Waals surface area contributed by atoms with Crippen LogP contribution in [0.1, 0.15) is 26.3 Å². The van der Waals surface area contributed by atoms with E-state index in [-0.39, 0.29) is 28.4 Å². The Morgan fingerprint density at radius 3 is 2.34 bits per heavy atom. The molecule has 3 aromatic rings. The van der Waals surface area contributed by atoms with Gasteiger partial charge in [-0.1, -0.05) is 12.1 Å². The molecule has 0 bridgehead atoms. The van der Waals surface area contributed by atoms with E-state index in [9.17, 15) is 19.1 Å². The van der Waals surface area contributed by atoms with Crippen LogP contribution < -0.4 is 20.2 Å². The number of aromatic hydroxyl groups is 1. The van der Waals surface area contributed by atoms with Crippen molar-refractivity contribution in [3.05, 3.63) is 83.2 Å². The van der Waals surface area contributed by atoms with Gasteiger partial charge in [0.1, 0.15) is 11.6 Å². The smallest absolute Gasteiger partial charge is 0.273 e. The summed E-state index contributed by atoms with van der Waals surface area (Å²) in [6, 6.07) is 14.1. The highest BCUT2D eigenvalue weighted by atomic mass is 19.1. The Morgan fingerprint density at radius 1 is 0.938 bits per heavy atom. The molecule has 0 aromatic heterocycles. The number of hydrogen-bond donors (Lipinski definition) is 3.